The first-order valence-electron chi connectivity index (χ1n) is 14.1. The van der Waals surface area contributed by atoms with E-state index in [1.807, 2.05) is 88.5 Å². The number of piperidine rings is 2. The Morgan fingerprint density at radius 3 is 2.15 bits per heavy atom. The fourth-order valence-electron chi connectivity index (χ4n) is 6.19. The number of nitrogens with zero attached hydrogens (tertiary/aromatic N) is 3. The number of hydrogen-bond acceptors (Lipinski definition) is 3. The minimum Gasteiger partial charge on any atom is -0.343 e. The molecule has 8 heteroatoms. The number of benzene rings is 3. The van der Waals surface area contributed by atoms with Crippen LogP contribution in [0.15, 0.2) is 72.8 Å². The van der Waals surface area contributed by atoms with Crippen molar-refractivity contribution in [2.24, 2.45) is 5.92 Å². The van der Waals surface area contributed by atoms with Crippen LogP contribution in [0.25, 0.3) is 11.1 Å². The van der Waals surface area contributed by atoms with Gasteiger partial charge in [0.1, 0.15) is 0 Å². The molecule has 2 aliphatic rings. The van der Waals surface area contributed by atoms with E-state index in [2.05, 4.69) is 0 Å². The highest BCUT2D eigenvalue weighted by atomic mass is 35.5. The minimum atomic E-state index is -0.135. The van der Waals surface area contributed by atoms with E-state index in [1.54, 1.807) is 13.0 Å². The van der Waals surface area contributed by atoms with Gasteiger partial charge in [-0.3, -0.25) is 14.4 Å². The van der Waals surface area contributed by atoms with Crippen molar-refractivity contribution in [2.45, 2.75) is 38.1 Å². The Hall–Kier alpha value is -3.35. The number of halogens is 2. The normalized spacial score (nSPS) is 19.6. The van der Waals surface area contributed by atoms with Gasteiger partial charge < -0.3 is 14.7 Å². The molecule has 3 aromatic rings. The molecule has 0 aliphatic carbocycles. The van der Waals surface area contributed by atoms with E-state index in [1.165, 1.54) is 0 Å². The molecule has 214 valence electrons. The van der Waals surface area contributed by atoms with Crippen molar-refractivity contribution in [3.8, 4) is 11.1 Å². The van der Waals surface area contributed by atoms with Crippen molar-refractivity contribution in [1.29, 1.82) is 0 Å². The first kappa shape index (κ1) is 29.2. The molecule has 3 amide bonds. The second kappa shape index (κ2) is 12.7. The summed E-state index contributed by atoms with van der Waals surface area (Å²) in [5.41, 5.74) is 3.62. The largest absolute Gasteiger partial charge is 0.343 e. The Bertz CT molecular complexity index is 1420. The lowest BCUT2D eigenvalue weighted by Gasteiger charge is -2.44. The SMILES string of the molecule is CC(=O)N1CCC(C(=O)N2CCC(N(C)C(=O)c3cccc(-c4ccccc4)c3)C(c3ccc(Cl)c(Cl)c3)C2)CC1. The third-order valence-corrected chi connectivity index (χ3v) is 9.32. The van der Waals surface area contributed by atoms with Gasteiger partial charge in [0.15, 0.2) is 0 Å². The first-order valence-corrected chi connectivity index (χ1v) is 14.9. The van der Waals surface area contributed by atoms with Gasteiger partial charge in [-0.15, -0.1) is 0 Å². The molecule has 41 heavy (non-hydrogen) atoms. The van der Waals surface area contributed by atoms with Gasteiger partial charge in [-0.25, -0.2) is 0 Å². The minimum absolute atomic E-state index is 0.0541. The number of likely N-dealkylation sites (N-methyl/N-ethyl adjacent to an activating group) is 1. The second-order valence-electron chi connectivity index (χ2n) is 11.1. The lowest BCUT2D eigenvalue weighted by Crippen LogP contribution is -2.53. The summed E-state index contributed by atoms with van der Waals surface area (Å²) >= 11 is 12.7. The zero-order valence-electron chi connectivity index (χ0n) is 23.4. The van der Waals surface area contributed by atoms with Crippen molar-refractivity contribution in [2.75, 3.05) is 33.2 Å². The van der Waals surface area contributed by atoms with Crippen molar-refractivity contribution in [1.82, 2.24) is 14.7 Å². The van der Waals surface area contributed by atoms with E-state index in [0.717, 1.165) is 16.7 Å². The zero-order chi connectivity index (χ0) is 29.1. The predicted molar refractivity (Wildman–Crippen MR) is 163 cm³/mol. The van der Waals surface area contributed by atoms with Crippen molar-refractivity contribution in [3.05, 3.63) is 94.0 Å². The first-order chi connectivity index (χ1) is 19.7. The summed E-state index contributed by atoms with van der Waals surface area (Å²) in [5, 5.41) is 0.919. The smallest absolute Gasteiger partial charge is 0.253 e. The highest BCUT2D eigenvalue weighted by Crippen LogP contribution is 2.36. The Morgan fingerprint density at radius 2 is 1.46 bits per heavy atom. The molecule has 2 aliphatic heterocycles. The molecule has 0 aromatic heterocycles. The Balaban J connectivity index is 1.37. The molecule has 0 bridgehead atoms. The Labute approximate surface area is 251 Å². The molecule has 0 saturated carbocycles. The lowest BCUT2D eigenvalue weighted by atomic mass is 9.83. The summed E-state index contributed by atoms with van der Waals surface area (Å²) in [4.78, 5) is 44.8. The van der Waals surface area contributed by atoms with Gasteiger partial charge in [-0.1, -0.05) is 71.7 Å². The maximum Gasteiger partial charge on any atom is 0.253 e. The average Bonchev–Trinajstić information content (AvgIpc) is 3.01. The molecular weight excluding hydrogens is 557 g/mol. The lowest BCUT2D eigenvalue weighted by molar-refractivity contribution is -0.141. The second-order valence-corrected chi connectivity index (χ2v) is 11.9. The summed E-state index contributed by atoms with van der Waals surface area (Å²) in [7, 11) is 1.85. The van der Waals surface area contributed by atoms with Crippen LogP contribution in [0, 0.1) is 5.92 Å². The fraction of sp³-hybridized carbons (Fsp3) is 0.364. The van der Waals surface area contributed by atoms with Crippen LogP contribution in [0.3, 0.4) is 0 Å². The Morgan fingerprint density at radius 1 is 0.780 bits per heavy atom. The van der Waals surface area contributed by atoms with Gasteiger partial charge in [0, 0.05) is 63.6 Å². The molecule has 2 atom stereocenters. The van der Waals surface area contributed by atoms with Crippen molar-refractivity contribution in [3.63, 3.8) is 0 Å². The maximum atomic E-state index is 13.8. The van der Waals surface area contributed by atoms with Crippen LogP contribution in [0.2, 0.25) is 10.0 Å². The van der Waals surface area contributed by atoms with Crippen LogP contribution >= 0.6 is 23.2 Å². The number of rotatable bonds is 5. The van der Waals surface area contributed by atoms with Crippen LogP contribution in [0.4, 0.5) is 0 Å². The third kappa shape index (κ3) is 6.44. The number of carbonyl (C=O) groups is 3. The van der Waals surface area contributed by atoms with Crippen LogP contribution in [0.1, 0.15) is 48.0 Å². The van der Waals surface area contributed by atoms with Crippen LogP contribution in [-0.4, -0.2) is 71.7 Å². The Kier molecular flexibility index (Phi) is 9.00. The number of hydrogen-bond donors (Lipinski definition) is 0. The number of likely N-dealkylation sites (tertiary alicyclic amines) is 2. The molecule has 0 spiro atoms. The zero-order valence-corrected chi connectivity index (χ0v) is 24.9. The molecule has 0 radical (unpaired) electrons. The van der Waals surface area contributed by atoms with Gasteiger partial charge >= 0.3 is 0 Å². The monoisotopic (exact) mass is 591 g/mol. The molecule has 2 unspecified atom stereocenters. The van der Waals surface area contributed by atoms with Crippen LogP contribution in [-0.2, 0) is 9.59 Å². The van der Waals surface area contributed by atoms with E-state index in [-0.39, 0.29) is 35.6 Å². The number of carbonyl (C=O) groups excluding carboxylic acids is 3. The summed E-state index contributed by atoms with van der Waals surface area (Å²) in [5.74, 6) is -0.114. The molecule has 2 saturated heterocycles. The van der Waals surface area contributed by atoms with Crippen molar-refractivity contribution >= 4 is 40.9 Å². The van der Waals surface area contributed by atoms with E-state index < -0.39 is 0 Å². The van der Waals surface area contributed by atoms with Gasteiger partial charge in [0.2, 0.25) is 11.8 Å². The van der Waals surface area contributed by atoms with Gasteiger partial charge in [0.05, 0.1) is 10.0 Å². The summed E-state index contributed by atoms with van der Waals surface area (Å²) in [6.45, 7) is 3.84. The molecule has 3 aromatic carbocycles. The van der Waals surface area contributed by atoms with Gasteiger partial charge in [-0.05, 0) is 60.2 Å². The van der Waals surface area contributed by atoms with Crippen LogP contribution in [0.5, 0.6) is 0 Å². The van der Waals surface area contributed by atoms with Gasteiger partial charge in [-0.2, -0.15) is 0 Å². The molecular formula is C33H35Cl2N3O3. The summed E-state index contributed by atoms with van der Waals surface area (Å²) < 4.78 is 0. The fourth-order valence-corrected chi connectivity index (χ4v) is 6.50. The number of amides is 3. The topological polar surface area (TPSA) is 60.9 Å². The third-order valence-electron chi connectivity index (χ3n) is 8.58. The molecule has 5 rings (SSSR count). The molecule has 2 heterocycles. The molecule has 6 nitrogen and oxygen atoms in total. The maximum absolute atomic E-state index is 13.8. The van der Waals surface area contributed by atoms with E-state index >= 15 is 0 Å². The molecule has 0 N–H and O–H groups in total. The summed E-state index contributed by atoms with van der Waals surface area (Å²) in [6, 6.07) is 23.2. The average molecular weight is 593 g/mol. The standard InChI is InChI=1S/C33H35Cl2N3O3/c1-22(39)37-16-13-24(14-17-37)33(41)38-18-15-31(28(21-38)26-11-12-29(34)30(35)20-26)36(2)32(40)27-10-6-9-25(19-27)23-7-4-3-5-8-23/h3-12,19-20,24,28,31H,13-18,21H2,1-2H3. The molecule has 2 fully saturated rings. The van der Waals surface area contributed by atoms with Gasteiger partial charge in [0.25, 0.3) is 5.91 Å². The van der Waals surface area contributed by atoms with E-state index in [4.69, 9.17) is 23.2 Å². The van der Waals surface area contributed by atoms with Crippen LogP contribution < -0.4 is 0 Å². The highest BCUT2D eigenvalue weighted by molar-refractivity contribution is 6.42. The van der Waals surface area contributed by atoms with Crippen molar-refractivity contribution < 1.29 is 14.4 Å². The summed E-state index contributed by atoms with van der Waals surface area (Å²) in [6.07, 6.45) is 1.99. The van der Waals surface area contributed by atoms with E-state index in [0.29, 0.717) is 61.1 Å². The quantitative estimate of drug-likeness (QED) is 0.346. The highest BCUT2D eigenvalue weighted by Gasteiger charge is 2.39. The predicted octanol–water partition coefficient (Wildman–Crippen LogP) is 6.38. The van der Waals surface area contributed by atoms with E-state index in [9.17, 15) is 14.4 Å².